The van der Waals surface area contributed by atoms with Gasteiger partial charge in [-0.3, -0.25) is 4.40 Å². The van der Waals surface area contributed by atoms with E-state index in [0.29, 0.717) is 0 Å². The van der Waals surface area contributed by atoms with E-state index in [0.717, 1.165) is 39.2 Å². The number of para-hydroxylation sites is 2. The summed E-state index contributed by atoms with van der Waals surface area (Å²) >= 11 is 0. The largest absolute Gasteiger partial charge is 0.296 e. The van der Waals surface area contributed by atoms with Crippen LogP contribution >= 0.6 is 0 Å². The van der Waals surface area contributed by atoms with E-state index in [-0.39, 0.29) is 5.82 Å². The summed E-state index contributed by atoms with van der Waals surface area (Å²) in [5.41, 5.74) is 6.19. The van der Waals surface area contributed by atoms with E-state index in [1.165, 1.54) is 12.1 Å². The van der Waals surface area contributed by atoms with Gasteiger partial charge in [-0.1, -0.05) is 42.5 Å². The first-order chi connectivity index (χ1) is 12.8. The lowest BCUT2D eigenvalue weighted by molar-refractivity contribution is 0.628. The average molecular weight is 339 g/mol. The van der Waals surface area contributed by atoms with Crippen molar-refractivity contribution >= 4 is 16.7 Å². The highest BCUT2D eigenvalue weighted by Crippen LogP contribution is 2.29. The first-order valence-corrected chi connectivity index (χ1v) is 8.39. The Labute approximate surface area is 149 Å². The summed E-state index contributed by atoms with van der Waals surface area (Å²) in [4.78, 5) is 9.64. The molecule has 0 unspecified atom stereocenters. The van der Waals surface area contributed by atoms with Gasteiger partial charge in [0.15, 0.2) is 5.65 Å². The smallest absolute Gasteiger partial charge is 0.164 e. The summed E-state index contributed by atoms with van der Waals surface area (Å²) < 4.78 is 15.4. The Morgan fingerprint density at radius 1 is 0.692 bits per heavy atom. The van der Waals surface area contributed by atoms with Crippen molar-refractivity contribution in [1.29, 1.82) is 0 Å². The van der Waals surface area contributed by atoms with Gasteiger partial charge in [0.25, 0.3) is 0 Å². The van der Waals surface area contributed by atoms with E-state index < -0.39 is 0 Å². The van der Waals surface area contributed by atoms with Gasteiger partial charge in [0.2, 0.25) is 0 Å². The van der Waals surface area contributed by atoms with Crippen molar-refractivity contribution in [2.75, 3.05) is 0 Å². The molecule has 4 heteroatoms. The lowest BCUT2D eigenvalue weighted by Gasteiger charge is -2.08. The van der Waals surface area contributed by atoms with Gasteiger partial charge in [-0.05, 0) is 36.4 Å². The minimum atomic E-state index is -0.258. The van der Waals surface area contributed by atoms with Crippen LogP contribution in [0.2, 0.25) is 0 Å². The van der Waals surface area contributed by atoms with Gasteiger partial charge in [0, 0.05) is 17.3 Å². The third-order valence-electron chi connectivity index (χ3n) is 4.48. The van der Waals surface area contributed by atoms with Gasteiger partial charge in [-0.25, -0.2) is 14.4 Å². The van der Waals surface area contributed by atoms with Crippen LogP contribution in [0.15, 0.2) is 85.1 Å². The number of halogens is 1. The molecule has 0 saturated carbocycles. The number of nitrogens with zero attached hydrogens (tertiary/aromatic N) is 3. The normalized spacial score (nSPS) is 11.3. The molecule has 26 heavy (non-hydrogen) atoms. The van der Waals surface area contributed by atoms with E-state index in [1.54, 1.807) is 12.1 Å². The number of imidazole rings is 1. The Balaban J connectivity index is 1.87. The zero-order chi connectivity index (χ0) is 17.5. The van der Waals surface area contributed by atoms with Crippen LogP contribution in [0.4, 0.5) is 4.39 Å². The fraction of sp³-hybridized carbons (Fsp3) is 0. The Bertz CT molecular complexity index is 1230. The Morgan fingerprint density at radius 2 is 1.42 bits per heavy atom. The lowest BCUT2D eigenvalue weighted by Crippen LogP contribution is -1.96. The van der Waals surface area contributed by atoms with Crippen LogP contribution < -0.4 is 0 Å². The molecule has 5 aromatic rings. The highest BCUT2D eigenvalue weighted by molar-refractivity contribution is 5.87. The SMILES string of the molecule is Fc1ccc(-c2cn3c(nc4ccccc43)c(-c3ccccc3)n2)cc1. The summed E-state index contributed by atoms with van der Waals surface area (Å²) in [7, 11) is 0. The topological polar surface area (TPSA) is 30.2 Å². The first kappa shape index (κ1) is 14.8. The number of aromatic nitrogens is 3. The zero-order valence-corrected chi connectivity index (χ0v) is 13.8. The summed E-state index contributed by atoms with van der Waals surface area (Å²) in [6, 6.07) is 24.4. The van der Waals surface area contributed by atoms with Crippen molar-refractivity contribution in [3.63, 3.8) is 0 Å². The second-order valence-electron chi connectivity index (χ2n) is 6.14. The molecule has 0 bridgehead atoms. The highest BCUT2D eigenvalue weighted by atomic mass is 19.1. The molecule has 124 valence electrons. The molecule has 0 atom stereocenters. The Hall–Kier alpha value is -3.53. The van der Waals surface area contributed by atoms with Crippen LogP contribution in [0.3, 0.4) is 0 Å². The van der Waals surface area contributed by atoms with E-state index in [4.69, 9.17) is 9.97 Å². The molecule has 0 fully saturated rings. The predicted octanol–water partition coefficient (Wildman–Crippen LogP) is 5.36. The second-order valence-corrected chi connectivity index (χ2v) is 6.14. The molecule has 0 saturated heterocycles. The van der Waals surface area contributed by atoms with Crippen LogP contribution in [-0.2, 0) is 0 Å². The van der Waals surface area contributed by atoms with Crippen molar-refractivity contribution in [3.05, 3.63) is 90.9 Å². The number of hydrogen-bond acceptors (Lipinski definition) is 2. The number of hydrogen-bond donors (Lipinski definition) is 0. The molecule has 0 aliphatic rings. The Kier molecular flexibility index (Phi) is 3.28. The van der Waals surface area contributed by atoms with Crippen molar-refractivity contribution in [3.8, 4) is 22.5 Å². The standard InChI is InChI=1S/C22H14FN3/c23-17-12-10-15(11-13-17)19-14-26-20-9-5-4-8-18(20)25-22(26)21(24-19)16-6-2-1-3-7-16/h1-14H. The van der Waals surface area contributed by atoms with E-state index in [2.05, 4.69) is 4.40 Å². The Morgan fingerprint density at radius 3 is 2.23 bits per heavy atom. The summed E-state index contributed by atoms with van der Waals surface area (Å²) in [6.07, 6.45) is 1.96. The predicted molar refractivity (Wildman–Crippen MR) is 101 cm³/mol. The van der Waals surface area contributed by atoms with Crippen molar-refractivity contribution in [2.24, 2.45) is 0 Å². The third-order valence-corrected chi connectivity index (χ3v) is 4.48. The number of benzene rings is 3. The van der Waals surface area contributed by atoms with Crippen molar-refractivity contribution in [1.82, 2.24) is 14.4 Å². The van der Waals surface area contributed by atoms with E-state index in [1.807, 2.05) is 60.8 Å². The van der Waals surface area contributed by atoms with Gasteiger partial charge in [0.05, 0.1) is 16.7 Å². The minimum absolute atomic E-state index is 0.258. The fourth-order valence-corrected chi connectivity index (χ4v) is 3.21. The molecule has 0 aliphatic heterocycles. The lowest BCUT2D eigenvalue weighted by atomic mass is 10.1. The van der Waals surface area contributed by atoms with Gasteiger partial charge in [0.1, 0.15) is 11.5 Å². The van der Waals surface area contributed by atoms with Gasteiger partial charge < -0.3 is 0 Å². The van der Waals surface area contributed by atoms with Crippen molar-refractivity contribution < 1.29 is 4.39 Å². The monoisotopic (exact) mass is 339 g/mol. The van der Waals surface area contributed by atoms with E-state index in [9.17, 15) is 4.39 Å². The van der Waals surface area contributed by atoms with Crippen LogP contribution in [0, 0.1) is 5.82 Å². The van der Waals surface area contributed by atoms with Crippen molar-refractivity contribution in [2.45, 2.75) is 0 Å². The number of fused-ring (bicyclic) bond motifs is 3. The molecule has 0 radical (unpaired) electrons. The first-order valence-electron chi connectivity index (χ1n) is 8.39. The molecule has 5 rings (SSSR count). The maximum Gasteiger partial charge on any atom is 0.164 e. The molecule has 3 nitrogen and oxygen atoms in total. The second kappa shape index (κ2) is 5.77. The maximum atomic E-state index is 13.3. The molecule has 2 heterocycles. The molecule has 0 amide bonds. The quantitative estimate of drug-likeness (QED) is 0.434. The third kappa shape index (κ3) is 2.35. The summed E-state index contributed by atoms with van der Waals surface area (Å²) in [5, 5.41) is 0. The molecule has 2 aromatic heterocycles. The maximum absolute atomic E-state index is 13.3. The van der Waals surface area contributed by atoms with Crippen LogP contribution in [-0.4, -0.2) is 14.4 Å². The summed E-state index contributed by atoms with van der Waals surface area (Å²) in [6.45, 7) is 0. The molecular weight excluding hydrogens is 325 g/mol. The molecule has 3 aromatic carbocycles. The average Bonchev–Trinajstić information content (AvgIpc) is 3.07. The molecule has 0 spiro atoms. The van der Waals surface area contributed by atoms with Crippen LogP contribution in [0.1, 0.15) is 0 Å². The molecule has 0 aliphatic carbocycles. The van der Waals surface area contributed by atoms with Gasteiger partial charge in [-0.2, -0.15) is 0 Å². The molecule has 0 N–H and O–H groups in total. The van der Waals surface area contributed by atoms with E-state index >= 15 is 0 Å². The van der Waals surface area contributed by atoms with Gasteiger partial charge >= 0.3 is 0 Å². The fourth-order valence-electron chi connectivity index (χ4n) is 3.21. The van der Waals surface area contributed by atoms with Crippen LogP contribution in [0.5, 0.6) is 0 Å². The van der Waals surface area contributed by atoms with Crippen LogP contribution in [0.25, 0.3) is 39.2 Å². The van der Waals surface area contributed by atoms with Gasteiger partial charge in [-0.15, -0.1) is 0 Å². The summed E-state index contributed by atoms with van der Waals surface area (Å²) in [5.74, 6) is -0.258. The molecular formula is C22H14FN3. The minimum Gasteiger partial charge on any atom is -0.296 e. The highest BCUT2D eigenvalue weighted by Gasteiger charge is 2.14. The zero-order valence-electron chi connectivity index (χ0n) is 13.8. The number of rotatable bonds is 2.